The van der Waals surface area contributed by atoms with E-state index in [-0.39, 0.29) is 29.9 Å². The van der Waals surface area contributed by atoms with Crippen molar-refractivity contribution in [1.29, 1.82) is 0 Å². The first-order chi connectivity index (χ1) is 10.7. The van der Waals surface area contributed by atoms with Crippen LogP contribution >= 0.6 is 11.8 Å². The van der Waals surface area contributed by atoms with E-state index in [0.29, 0.717) is 5.12 Å². The van der Waals surface area contributed by atoms with E-state index in [2.05, 4.69) is 0 Å². The predicted octanol–water partition coefficient (Wildman–Crippen LogP) is 4.47. The van der Waals surface area contributed by atoms with Crippen molar-refractivity contribution in [2.45, 2.75) is 6.61 Å². The average Bonchev–Trinajstić information content (AvgIpc) is 2.93. The average molecular weight is 321 g/mol. The molecule has 0 saturated carbocycles. The van der Waals surface area contributed by atoms with Gasteiger partial charge in [-0.1, -0.05) is 34.8 Å². The summed E-state index contributed by atoms with van der Waals surface area (Å²) in [6.07, 6.45) is 0. The van der Waals surface area contributed by atoms with Crippen LogP contribution in [0.3, 0.4) is 0 Å². The van der Waals surface area contributed by atoms with Crippen LogP contribution in [-0.4, -0.2) is 11.0 Å². The molecular formula is C16H13F2NO2S. The highest BCUT2D eigenvalue weighted by Crippen LogP contribution is 2.29. The van der Waals surface area contributed by atoms with Crippen molar-refractivity contribution < 1.29 is 18.3 Å². The lowest BCUT2D eigenvalue weighted by Crippen LogP contribution is -2.11. The molecular weight excluding hydrogens is 308 g/mol. The Labute approximate surface area is 131 Å². The van der Waals surface area contributed by atoms with E-state index < -0.39 is 5.82 Å². The lowest BCUT2D eigenvalue weighted by atomic mass is 10.2. The zero-order chi connectivity index (χ0) is 15.4. The van der Waals surface area contributed by atoms with Gasteiger partial charge in [-0.15, -0.1) is 11.8 Å². The van der Waals surface area contributed by atoms with Crippen molar-refractivity contribution in [3.8, 4) is 11.5 Å². The summed E-state index contributed by atoms with van der Waals surface area (Å²) in [6.45, 7) is 0.276. The fourth-order valence-corrected chi connectivity index (χ4v) is 2.52. The minimum atomic E-state index is -0.551. The number of thioether (sulfide) groups is 1. The number of benzene rings is 2. The normalized spacial score (nSPS) is 13.9. The molecule has 6 heteroatoms. The van der Waals surface area contributed by atoms with Crippen molar-refractivity contribution >= 4 is 11.8 Å². The van der Waals surface area contributed by atoms with Crippen LogP contribution in [0.1, 0.15) is 5.56 Å². The summed E-state index contributed by atoms with van der Waals surface area (Å²) in [5.74, 6) is 0.0345. The second-order valence-corrected chi connectivity index (χ2v) is 5.41. The minimum Gasteiger partial charge on any atom is -0.486 e. The largest absolute Gasteiger partial charge is 0.486 e. The molecule has 22 heavy (non-hydrogen) atoms. The summed E-state index contributed by atoms with van der Waals surface area (Å²) in [6, 6.07) is 13.7. The van der Waals surface area contributed by atoms with E-state index in [1.165, 1.54) is 29.3 Å². The molecule has 0 radical (unpaired) electrons. The van der Waals surface area contributed by atoms with Gasteiger partial charge in [0.05, 0.1) is 0 Å². The van der Waals surface area contributed by atoms with Crippen LogP contribution < -0.4 is 9.47 Å². The molecule has 0 unspecified atom stereocenters. The van der Waals surface area contributed by atoms with E-state index in [9.17, 15) is 8.87 Å². The maximum Gasteiger partial charge on any atom is 0.230 e. The van der Waals surface area contributed by atoms with Crippen molar-refractivity contribution in [3.05, 3.63) is 71.2 Å². The zero-order valence-corrected chi connectivity index (χ0v) is 12.4. The molecule has 1 heterocycles. The van der Waals surface area contributed by atoms with Crippen LogP contribution in [0.5, 0.6) is 11.5 Å². The summed E-state index contributed by atoms with van der Waals surface area (Å²) in [7, 11) is 0. The van der Waals surface area contributed by atoms with Crippen LogP contribution in [0.15, 0.2) is 59.8 Å². The Balaban J connectivity index is 1.64. The Morgan fingerprint density at radius 2 is 1.95 bits per heavy atom. The number of rotatable bonds is 5. The van der Waals surface area contributed by atoms with Gasteiger partial charge in [0.15, 0.2) is 11.6 Å². The fraction of sp³-hybridized carbons (Fsp3) is 0.125. The van der Waals surface area contributed by atoms with E-state index in [4.69, 9.17) is 9.47 Å². The second-order valence-electron chi connectivity index (χ2n) is 4.58. The van der Waals surface area contributed by atoms with E-state index >= 15 is 0 Å². The van der Waals surface area contributed by atoms with Gasteiger partial charge in [-0.05, 0) is 17.7 Å². The van der Waals surface area contributed by atoms with Gasteiger partial charge in [-0.2, -0.15) is 5.12 Å². The molecule has 114 valence electrons. The molecule has 3 nitrogen and oxygen atoms in total. The monoisotopic (exact) mass is 321 g/mol. The van der Waals surface area contributed by atoms with Crippen molar-refractivity contribution in [3.63, 3.8) is 0 Å². The summed E-state index contributed by atoms with van der Waals surface area (Å²) in [5, 5.41) is 2.00. The summed E-state index contributed by atoms with van der Waals surface area (Å²) < 4.78 is 38.0. The standard InChI is InChI=1S/C16H13F2NO2S/c17-14-8-13(21-16-10-22-11-19(16)18)6-7-15(14)20-9-12-4-2-1-3-5-12/h1-8,10H,9,11H2. The highest BCUT2D eigenvalue weighted by Gasteiger charge is 2.18. The molecule has 0 aromatic heterocycles. The lowest BCUT2D eigenvalue weighted by Gasteiger charge is -2.12. The second kappa shape index (κ2) is 6.70. The quantitative estimate of drug-likeness (QED) is 0.757. The van der Waals surface area contributed by atoms with Gasteiger partial charge in [0.2, 0.25) is 5.88 Å². The molecule has 2 aromatic carbocycles. The van der Waals surface area contributed by atoms with Crippen LogP contribution in [0, 0.1) is 5.82 Å². The molecule has 3 rings (SSSR count). The van der Waals surface area contributed by atoms with Gasteiger partial charge >= 0.3 is 0 Å². The van der Waals surface area contributed by atoms with Crippen LogP contribution in [0.25, 0.3) is 0 Å². The molecule has 0 fully saturated rings. The van der Waals surface area contributed by atoms with Crippen LogP contribution in [0.4, 0.5) is 8.87 Å². The Morgan fingerprint density at radius 3 is 2.64 bits per heavy atom. The fourth-order valence-electron chi connectivity index (χ4n) is 1.89. The molecule has 0 N–H and O–H groups in total. The molecule has 1 aliphatic rings. The maximum atomic E-state index is 14.0. The number of halogens is 2. The molecule has 0 amide bonds. The van der Waals surface area contributed by atoms with E-state index in [0.717, 1.165) is 5.56 Å². The SMILES string of the molecule is Fc1cc(OC2=CSCN2F)ccc1OCc1ccccc1. The first-order valence-electron chi connectivity index (χ1n) is 6.61. The summed E-state index contributed by atoms with van der Waals surface area (Å²) in [4.78, 5) is 0. The van der Waals surface area contributed by atoms with Gasteiger partial charge in [-0.25, -0.2) is 4.39 Å². The third kappa shape index (κ3) is 3.51. The molecule has 2 aromatic rings. The van der Waals surface area contributed by atoms with Gasteiger partial charge in [0, 0.05) is 11.5 Å². The van der Waals surface area contributed by atoms with Gasteiger partial charge in [0.25, 0.3) is 0 Å². The first kappa shape index (κ1) is 14.7. The predicted molar refractivity (Wildman–Crippen MR) is 81.3 cm³/mol. The van der Waals surface area contributed by atoms with Crippen LogP contribution in [-0.2, 0) is 6.61 Å². The number of nitrogens with zero attached hydrogens (tertiary/aromatic N) is 1. The Morgan fingerprint density at radius 1 is 1.14 bits per heavy atom. The van der Waals surface area contributed by atoms with Crippen molar-refractivity contribution in [2.75, 3.05) is 5.88 Å². The van der Waals surface area contributed by atoms with Crippen molar-refractivity contribution in [1.82, 2.24) is 5.12 Å². The topological polar surface area (TPSA) is 21.7 Å². The number of hydrogen-bond acceptors (Lipinski definition) is 4. The Bertz CT molecular complexity index is 679. The van der Waals surface area contributed by atoms with E-state index in [1.807, 2.05) is 30.3 Å². The minimum absolute atomic E-state index is 0.0577. The third-order valence-corrected chi connectivity index (χ3v) is 3.72. The highest BCUT2D eigenvalue weighted by atomic mass is 32.2. The van der Waals surface area contributed by atoms with Gasteiger partial charge < -0.3 is 9.47 Å². The molecule has 0 bridgehead atoms. The molecule has 0 aliphatic carbocycles. The van der Waals surface area contributed by atoms with Gasteiger partial charge in [-0.3, -0.25) is 0 Å². The first-order valence-corrected chi connectivity index (χ1v) is 7.66. The van der Waals surface area contributed by atoms with Crippen LogP contribution in [0.2, 0.25) is 0 Å². The zero-order valence-electron chi connectivity index (χ0n) is 11.5. The number of hydrogen-bond donors (Lipinski definition) is 0. The molecule has 0 spiro atoms. The molecule has 0 saturated heterocycles. The third-order valence-electron chi connectivity index (χ3n) is 2.97. The summed E-state index contributed by atoms with van der Waals surface area (Å²) in [5.41, 5.74) is 0.948. The van der Waals surface area contributed by atoms with E-state index in [1.54, 1.807) is 6.07 Å². The Kier molecular flexibility index (Phi) is 4.48. The lowest BCUT2D eigenvalue weighted by molar-refractivity contribution is 0.0473. The smallest absolute Gasteiger partial charge is 0.230 e. The molecule has 0 atom stereocenters. The number of ether oxygens (including phenoxy) is 2. The highest BCUT2D eigenvalue weighted by molar-refractivity contribution is 8.02. The summed E-state index contributed by atoms with van der Waals surface area (Å²) >= 11 is 1.27. The molecule has 1 aliphatic heterocycles. The van der Waals surface area contributed by atoms with Gasteiger partial charge in [0.1, 0.15) is 18.2 Å². The Hall–Kier alpha value is -2.21. The van der Waals surface area contributed by atoms with Crippen molar-refractivity contribution in [2.24, 2.45) is 0 Å². The maximum absolute atomic E-state index is 14.0.